The molecular weight excluding hydrogens is 314 g/mol. The molecule has 3 aromatic carbocycles. The number of azo groups is 1. The fraction of sp³-hybridized carbons (Fsp3) is 0. The molecule has 0 aliphatic heterocycles. The molecule has 1 atom stereocenters. The van der Waals surface area contributed by atoms with Crippen LogP contribution in [0.25, 0.3) is 10.8 Å². The maximum atomic E-state index is 10.8. The van der Waals surface area contributed by atoms with E-state index in [0.717, 1.165) is 0 Å². The van der Waals surface area contributed by atoms with Gasteiger partial charge in [0.1, 0.15) is 17.1 Å². The van der Waals surface area contributed by atoms with Crippen molar-refractivity contribution < 1.29 is 12.9 Å². The second-order valence-corrected chi connectivity index (χ2v) is 5.29. The summed E-state index contributed by atoms with van der Waals surface area (Å²) in [5, 5.41) is 9.64. The second kappa shape index (κ2) is 6.55. The number of fused-ring (bicyclic) bond motifs is 1. The molecule has 7 heteroatoms. The maximum Gasteiger partial charge on any atom is 0.147 e. The number of hydrogen-bond acceptors (Lipinski definition) is 6. The van der Waals surface area contributed by atoms with Gasteiger partial charge in [0.2, 0.25) is 0 Å². The van der Waals surface area contributed by atoms with Crippen LogP contribution >= 0.6 is 0 Å². The number of rotatable bonds is 4. The van der Waals surface area contributed by atoms with E-state index in [2.05, 4.69) is 10.2 Å². The minimum Gasteiger partial charge on any atom is -0.740 e. The lowest BCUT2D eigenvalue weighted by atomic mass is 10.1. The third-order valence-corrected chi connectivity index (χ3v) is 3.48. The van der Waals surface area contributed by atoms with Crippen molar-refractivity contribution in [3.05, 3.63) is 60.7 Å². The zero-order valence-electron chi connectivity index (χ0n) is 11.9. The summed E-state index contributed by atoms with van der Waals surface area (Å²) in [4.78, 5) is 0. The molecule has 0 radical (unpaired) electrons. The lowest BCUT2D eigenvalue weighted by Gasteiger charge is -2.11. The molecule has 0 spiro atoms. The van der Waals surface area contributed by atoms with Crippen LogP contribution in [0.4, 0.5) is 17.1 Å². The average molecular weight is 326 g/mol. The Balaban J connectivity index is 2.09. The highest BCUT2D eigenvalue weighted by molar-refractivity contribution is 7.74. The minimum absolute atomic E-state index is 0.215. The van der Waals surface area contributed by atoms with Crippen molar-refractivity contribution in [3.8, 4) is 5.75 Å². The monoisotopic (exact) mass is 326 g/mol. The van der Waals surface area contributed by atoms with Gasteiger partial charge in [-0.25, -0.2) is 4.21 Å². The fourth-order valence-electron chi connectivity index (χ4n) is 2.16. The van der Waals surface area contributed by atoms with Crippen molar-refractivity contribution in [2.75, 3.05) is 5.73 Å². The molecule has 2 N–H and O–H groups in total. The van der Waals surface area contributed by atoms with Crippen LogP contribution in [0.5, 0.6) is 5.75 Å². The van der Waals surface area contributed by atoms with Gasteiger partial charge in [0.15, 0.2) is 0 Å². The maximum absolute atomic E-state index is 10.8. The first kappa shape index (κ1) is 15.1. The fourth-order valence-corrected chi connectivity index (χ4v) is 2.45. The third-order valence-electron chi connectivity index (χ3n) is 3.16. The Morgan fingerprint density at radius 2 is 1.74 bits per heavy atom. The number of nitrogens with two attached hydrogens (primary N) is 1. The molecular formula is C16H12N3O3S-. The molecule has 0 fully saturated rings. The van der Waals surface area contributed by atoms with Crippen LogP contribution in [0.3, 0.4) is 0 Å². The Kier molecular flexibility index (Phi) is 4.31. The molecule has 0 saturated carbocycles. The number of hydrogen-bond donors (Lipinski definition) is 1. The Hall–Kier alpha value is -2.77. The van der Waals surface area contributed by atoms with Gasteiger partial charge in [0, 0.05) is 16.5 Å². The van der Waals surface area contributed by atoms with E-state index in [0.29, 0.717) is 27.8 Å². The van der Waals surface area contributed by atoms with Gasteiger partial charge in [-0.2, -0.15) is 5.11 Å². The van der Waals surface area contributed by atoms with Crippen LogP contribution in [0.1, 0.15) is 0 Å². The third kappa shape index (κ3) is 3.53. The highest BCUT2D eigenvalue weighted by atomic mass is 32.2. The molecule has 6 nitrogen and oxygen atoms in total. The van der Waals surface area contributed by atoms with Crippen LogP contribution in [0.15, 0.2) is 70.9 Å². The Bertz CT molecular complexity index is 898. The molecule has 0 heterocycles. The van der Waals surface area contributed by atoms with E-state index >= 15 is 0 Å². The average Bonchev–Trinajstić information content (AvgIpc) is 2.54. The van der Waals surface area contributed by atoms with Crippen LogP contribution in [-0.2, 0) is 11.4 Å². The molecule has 0 aliphatic carbocycles. The van der Waals surface area contributed by atoms with Gasteiger partial charge in [-0.15, -0.1) is 5.11 Å². The molecule has 1 unspecified atom stereocenters. The standard InChI is InChI=1S/C16H13N3O3S/c17-11-6-7-13-14(10-11)15(8-9-16(13)22-23(20)21)19-18-12-4-2-1-3-5-12/h1-10H,17H2,(H,20,21)/p-1. The van der Waals surface area contributed by atoms with E-state index in [1.54, 1.807) is 24.3 Å². The van der Waals surface area contributed by atoms with Crippen LogP contribution in [-0.4, -0.2) is 8.76 Å². The van der Waals surface area contributed by atoms with E-state index in [9.17, 15) is 8.76 Å². The first-order valence-corrected chi connectivity index (χ1v) is 7.70. The minimum atomic E-state index is -2.65. The van der Waals surface area contributed by atoms with E-state index in [-0.39, 0.29) is 5.75 Å². The van der Waals surface area contributed by atoms with Crippen molar-refractivity contribution >= 4 is 39.2 Å². The van der Waals surface area contributed by atoms with Crippen LogP contribution < -0.4 is 9.92 Å². The molecule has 0 aliphatic rings. The lowest BCUT2D eigenvalue weighted by molar-refractivity contribution is 0.442. The quantitative estimate of drug-likeness (QED) is 0.444. The van der Waals surface area contributed by atoms with E-state index < -0.39 is 11.4 Å². The largest absolute Gasteiger partial charge is 0.740 e. The summed E-state index contributed by atoms with van der Waals surface area (Å²) < 4.78 is 26.4. The molecule has 0 saturated heterocycles. The normalized spacial score (nSPS) is 12.6. The zero-order valence-corrected chi connectivity index (χ0v) is 12.7. The molecule has 0 amide bonds. The van der Waals surface area contributed by atoms with Crippen molar-refractivity contribution in [2.24, 2.45) is 10.2 Å². The topological polar surface area (TPSA) is 100 Å². The SMILES string of the molecule is Nc1ccc2c(OS(=O)[O-])ccc(N=Nc3ccccc3)c2c1. The predicted molar refractivity (Wildman–Crippen MR) is 88.5 cm³/mol. The van der Waals surface area contributed by atoms with Gasteiger partial charge < -0.3 is 14.5 Å². The van der Waals surface area contributed by atoms with Gasteiger partial charge in [-0.1, -0.05) is 18.2 Å². The summed E-state index contributed by atoms with van der Waals surface area (Å²) in [6.07, 6.45) is 0. The summed E-state index contributed by atoms with van der Waals surface area (Å²) in [6, 6.07) is 17.5. The number of anilines is 1. The number of nitrogens with zero attached hydrogens (tertiary/aromatic N) is 2. The molecule has 116 valence electrons. The highest BCUT2D eigenvalue weighted by Gasteiger charge is 2.08. The summed E-state index contributed by atoms with van der Waals surface area (Å²) in [5.74, 6) is 0.215. The molecule has 3 rings (SSSR count). The summed E-state index contributed by atoms with van der Waals surface area (Å²) >= 11 is -2.65. The molecule has 0 aromatic heterocycles. The van der Waals surface area contributed by atoms with Crippen molar-refractivity contribution in [1.29, 1.82) is 0 Å². The summed E-state index contributed by atoms with van der Waals surface area (Å²) in [6.45, 7) is 0. The van der Waals surface area contributed by atoms with Gasteiger partial charge in [0.05, 0.1) is 11.4 Å². The predicted octanol–water partition coefficient (Wildman–Crippen LogP) is 4.01. The van der Waals surface area contributed by atoms with E-state index in [1.807, 2.05) is 30.3 Å². The van der Waals surface area contributed by atoms with Gasteiger partial charge in [-0.05, 0) is 42.5 Å². The number of benzene rings is 3. The molecule has 0 bridgehead atoms. The van der Waals surface area contributed by atoms with Crippen molar-refractivity contribution in [3.63, 3.8) is 0 Å². The Morgan fingerprint density at radius 3 is 2.48 bits per heavy atom. The smallest absolute Gasteiger partial charge is 0.147 e. The van der Waals surface area contributed by atoms with Gasteiger partial charge >= 0.3 is 0 Å². The Morgan fingerprint density at radius 1 is 0.957 bits per heavy atom. The van der Waals surface area contributed by atoms with Gasteiger partial charge in [0.25, 0.3) is 0 Å². The van der Waals surface area contributed by atoms with Crippen LogP contribution in [0, 0.1) is 0 Å². The molecule has 23 heavy (non-hydrogen) atoms. The zero-order chi connectivity index (χ0) is 16.2. The Labute approximate surface area is 135 Å². The van der Waals surface area contributed by atoms with Crippen molar-refractivity contribution in [1.82, 2.24) is 0 Å². The first-order chi connectivity index (χ1) is 11.1. The second-order valence-electron chi connectivity index (χ2n) is 4.71. The van der Waals surface area contributed by atoms with Gasteiger partial charge in [-0.3, -0.25) is 0 Å². The lowest BCUT2D eigenvalue weighted by Crippen LogP contribution is -1.98. The van der Waals surface area contributed by atoms with Crippen molar-refractivity contribution in [2.45, 2.75) is 0 Å². The highest BCUT2D eigenvalue weighted by Crippen LogP contribution is 2.35. The van der Waals surface area contributed by atoms with Crippen LogP contribution in [0.2, 0.25) is 0 Å². The van der Waals surface area contributed by atoms with E-state index in [4.69, 9.17) is 9.92 Å². The van der Waals surface area contributed by atoms with E-state index in [1.165, 1.54) is 6.07 Å². The molecule has 3 aromatic rings. The number of nitrogen functional groups attached to an aromatic ring is 1. The first-order valence-electron chi connectivity index (χ1n) is 6.70. The summed E-state index contributed by atoms with van der Waals surface area (Å²) in [7, 11) is 0. The summed E-state index contributed by atoms with van der Waals surface area (Å²) in [5.41, 5.74) is 7.64.